The summed E-state index contributed by atoms with van der Waals surface area (Å²) in [5, 5.41) is 6.88. The molecule has 1 aromatic heterocycles. The first-order valence-electron chi connectivity index (χ1n) is 4.46. The molecule has 0 aliphatic carbocycles. The van der Waals surface area contributed by atoms with Gasteiger partial charge in [-0.05, 0) is 19.1 Å². The second kappa shape index (κ2) is 4.81. The summed E-state index contributed by atoms with van der Waals surface area (Å²) in [6.45, 7) is 3.78. The van der Waals surface area contributed by atoms with E-state index in [4.69, 9.17) is 4.52 Å². The molecule has 1 heterocycles. The highest BCUT2D eigenvalue weighted by atomic mass is 16.5. The number of likely N-dealkylation sites (N-methyl/N-ethyl adjacent to an activating group) is 1. The predicted molar refractivity (Wildman–Crippen MR) is 50.9 cm³/mol. The molecule has 74 valence electrons. The van der Waals surface area contributed by atoms with Crippen molar-refractivity contribution in [3.63, 3.8) is 0 Å². The molecule has 0 radical (unpaired) electrons. The van der Waals surface area contributed by atoms with Gasteiger partial charge in [-0.2, -0.15) is 4.98 Å². The van der Waals surface area contributed by atoms with Crippen LogP contribution in [-0.4, -0.2) is 37.3 Å². The highest BCUT2D eigenvalue weighted by Gasteiger charge is 2.07. The lowest BCUT2D eigenvalue weighted by molar-refractivity contribution is 0.376. The normalized spacial score (nSPS) is 10.4. The lowest BCUT2D eigenvalue weighted by Crippen LogP contribution is -2.17. The molecule has 0 unspecified atom stereocenters. The summed E-state index contributed by atoms with van der Waals surface area (Å²) in [5.41, 5.74) is 0. The lowest BCUT2D eigenvalue weighted by Gasteiger charge is -2.08. The molecular formula is C8H16N4O. The summed E-state index contributed by atoms with van der Waals surface area (Å²) in [6, 6.07) is 0. The van der Waals surface area contributed by atoms with Gasteiger partial charge in [-0.3, -0.25) is 0 Å². The molecule has 0 aromatic carbocycles. The first-order valence-corrected chi connectivity index (χ1v) is 4.46. The van der Waals surface area contributed by atoms with Crippen molar-refractivity contribution in [3.05, 3.63) is 5.89 Å². The topological polar surface area (TPSA) is 54.2 Å². The van der Waals surface area contributed by atoms with E-state index in [-0.39, 0.29) is 0 Å². The van der Waals surface area contributed by atoms with Crippen LogP contribution in [0.4, 0.5) is 5.95 Å². The quantitative estimate of drug-likeness (QED) is 0.712. The summed E-state index contributed by atoms with van der Waals surface area (Å²) in [4.78, 5) is 6.16. The minimum absolute atomic E-state index is 0.661. The molecule has 0 atom stereocenters. The van der Waals surface area contributed by atoms with Crippen LogP contribution in [0.5, 0.6) is 0 Å². The van der Waals surface area contributed by atoms with Gasteiger partial charge in [-0.15, -0.1) is 0 Å². The van der Waals surface area contributed by atoms with Gasteiger partial charge in [0.25, 0.3) is 5.95 Å². The van der Waals surface area contributed by atoms with Crippen LogP contribution in [0.15, 0.2) is 4.52 Å². The van der Waals surface area contributed by atoms with Crippen LogP contribution in [0.2, 0.25) is 0 Å². The van der Waals surface area contributed by atoms with Crippen LogP contribution in [0, 0.1) is 0 Å². The number of nitrogens with one attached hydrogen (secondary N) is 1. The van der Waals surface area contributed by atoms with Crippen molar-refractivity contribution in [2.45, 2.75) is 13.3 Å². The maximum absolute atomic E-state index is 5.05. The van der Waals surface area contributed by atoms with Gasteiger partial charge < -0.3 is 14.7 Å². The molecule has 0 aliphatic rings. The van der Waals surface area contributed by atoms with E-state index in [2.05, 4.69) is 15.5 Å². The molecule has 0 fully saturated rings. The zero-order valence-corrected chi connectivity index (χ0v) is 8.37. The van der Waals surface area contributed by atoms with E-state index in [1.165, 1.54) is 0 Å². The number of rotatable bonds is 5. The van der Waals surface area contributed by atoms with Crippen LogP contribution in [0.1, 0.15) is 12.8 Å². The Labute approximate surface area is 78.1 Å². The van der Waals surface area contributed by atoms with Gasteiger partial charge in [-0.25, -0.2) is 0 Å². The summed E-state index contributed by atoms with van der Waals surface area (Å²) < 4.78 is 5.05. The van der Waals surface area contributed by atoms with Crippen LogP contribution in [0.25, 0.3) is 0 Å². The highest BCUT2D eigenvalue weighted by molar-refractivity contribution is 5.24. The molecule has 0 bridgehead atoms. The molecule has 0 amide bonds. The van der Waals surface area contributed by atoms with Crippen molar-refractivity contribution in [1.29, 1.82) is 0 Å². The third-order valence-corrected chi connectivity index (χ3v) is 1.86. The second-order valence-corrected chi connectivity index (χ2v) is 2.86. The summed E-state index contributed by atoms with van der Waals surface area (Å²) >= 11 is 0. The molecule has 1 rings (SSSR count). The second-order valence-electron chi connectivity index (χ2n) is 2.86. The molecule has 0 saturated heterocycles. The molecular weight excluding hydrogens is 168 g/mol. The number of aromatic nitrogens is 2. The smallest absolute Gasteiger partial charge is 0.265 e. The number of anilines is 1. The number of nitrogens with zero attached hydrogens (tertiary/aromatic N) is 3. The van der Waals surface area contributed by atoms with Crippen LogP contribution in [0.3, 0.4) is 0 Å². The Hall–Kier alpha value is -1.10. The van der Waals surface area contributed by atoms with Gasteiger partial charge in [-0.1, -0.05) is 0 Å². The fourth-order valence-electron chi connectivity index (χ4n) is 0.876. The van der Waals surface area contributed by atoms with Gasteiger partial charge >= 0.3 is 0 Å². The zero-order valence-electron chi connectivity index (χ0n) is 8.37. The first kappa shape index (κ1) is 9.98. The molecule has 5 nitrogen and oxygen atoms in total. The maximum atomic E-state index is 5.05. The standard InChI is InChI=1S/C8H16N4O/c1-4-12(3)8-10-7(13-11-8)5-6-9-2/h9H,4-6H2,1-3H3. The number of hydrogen-bond donors (Lipinski definition) is 1. The Morgan fingerprint density at radius 1 is 1.54 bits per heavy atom. The van der Waals surface area contributed by atoms with E-state index in [0.29, 0.717) is 11.8 Å². The fraction of sp³-hybridized carbons (Fsp3) is 0.750. The van der Waals surface area contributed by atoms with Gasteiger partial charge in [0.1, 0.15) is 0 Å². The molecule has 1 aromatic rings. The van der Waals surface area contributed by atoms with Gasteiger partial charge in [0.05, 0.1) is 0 Å². The van der Waals surface area contributed by atoms with Crippen molar-refractivity contribution >= 4 is 5.95 Å². The molecule has 0 saturated carbocycles. The summed E-state index contributed by atoms with van der Waals surface area (Å²) in [6.07, 6.45) is 0.779. The van der Waals surface area contributed by atoms with E-state index in [9.17, 15) is 0 Å². The van der Waals surface area contributed by atoms with Crippen molar-refractivity contribution in [2.75, 3.05) is 32.1 Å². The monoisotopic (exact) mass is 184 g/mol. The SMILES string of the molecule is CCN(C)c1noc(CCNC)n1. The van der Waals surface area contributed by atoms with Crippen LogP contribution in [-0.2, 0) is 6.42 Å². The zero-order chi connectivity index (χ0) is 9.68. The van der Waals surface area contributed by atoms with Gasteiger partial charge in [0, 0.05) is 26.6 Å². The third kappa shape index (κ3) is 2.69. The molecule has 1 N–H and O–H groups in total. The van der Waals surface area contributed by atoms with Gasteiger partial charge in [0.15, 0.2) is 0 Å². The Kier molecular flexibility index (Phi) is 3.70. The number of hydrogen-bond acceptors (Lipinski definition) is 5. The van der Waals surface area contributed by atoms with E-state index < -0.39 is 0 Å². The Balaban J connectivity index is 2.53. The summed E-state index contributed by atoms with van der Waals surface area (Å²) in [7, 11) is 3.84. The minimum Gasteiger partial charge on any atom is -0.342 e. The Morgan fingerprint density at radius 3 is 2.92 bits per heavy atom. The Morgan fingerprint density at radius 2 is 2.31 bits per heavy atom. The van der Waals surface area contributed by atoms with E-state index >= 15 is 0 Å². The molecule has 0 aliphatic heterocycles. The summed E-state index contributed by atoms with van der Waals surface area (Å²) in [5.74, 6) is 1.35. The van der Waals surface area contributed by atoms with Crippen molar-refractivity contribution in [3.8, 4) is 0 Å². The van der Waals surface area contributed by atoms with E-state index in [1.807, 2.05) is 25.9 Å². The maximum Gasteiger partial charge on any atom is 0.265 e. The van der Waals surface area contributed by atoms with Crippen molar-refractivity contribution in [1.82, 2.24) is 15.5 Å². The molecule has 5 heteroatoms. The van der Waals surface area contributed by atoms with Crippen LogP contribution >= 0.6 is 0 Å². The highest BCUT2D eigenvalue weighted by Crippen LogP contribution is 2.06. The average molecular weight is 184 g/mol. The minimum atomic E-state index is 0.661. The van der Waals surface area contributed by atoms with Crippen LogP contribution < -0.4 is 10.2 Å². The fourth-order valence-corrected chi connectivity index (χ4v) is 0.876. The van der Waals surface area contributed by atoms with E-state index in [1.54, 1.807) is 0 Å². The van der Waals surface area contributed by atoms with Crippen molar-refractivity contribution in [2.24, 2.45) is 0 Å². The first-order chi connectivity index (χ1) is 6.27. The average Bonchev–Trinajstić information content (AvgIpc) is 2.62. The van der Waals surface area contributed by atoms with Gasteiger partial charge in [0.2, 0.25) is 5.89 Å². The van der Waals surface area contributed by atoms with E-state index in [0.717, 1.165) is 19.5 Å². The Bertz CT molecular complexity index is 248. The molecule has 0 spiro atoms. The van der Waals surface area contributed by atoms with Crippen molar-refractivity contribution < 1.29 is 4.52 Å². The third-order valence-electron chi connectivity index (χ3n) is 1.86. The molecule has 13 heavy (non-hydrogen) atoms. The lowest BCUT2D eigenvalue weighted by atomic mass is 10.4. The predicted octanol–water partition coefficient (Wildman–Crippen LogP) is 0.288. The largest absolute Gasteiger partial charge is 0.342 e.